The number of esters is 1. The fraction of sp³-hybridized carbons (Fsp3) is 0.727. The molecule has 0 aromatic heterocycles. The molecule has 0 rings (SSSR count). The van der Waals surface area contributed by atoms with Gasteiger partial charge in [-0.2, -0.15) is 0 Å². The number of unbranched alkanes of at least 4 members (excludes halogenated alkanes) is 4. The van der Waals surface area contributed by atoms with Gasteiger partial charge in [-0.3, -0.25) is 0 Å². The molecular formula is C11H21NaO3. The molecule has 0 fully saturated rings. The van der Waals surface area contributed by atoms with Crippen LogP contribution in [-0.2, 0) is 9.53 Å². The Hall–Kier alpha value is 0.170. The second kappa shape index (κ2) is 12.2. The van der Waals surface area contributed by atoms with Gasteiger partial charge in [0.2, 0.25) is 0 Å². The molecule has 0 unspecified atom stereocenters. The smallest absolute Gasteiger partial charge is 1.00 e. The molecule has 0 atom stereocenters. The van der Waals surface area contributed by atoms with Gasteiger partial charge in [-0.15, -0.1) is 0 Å². The number of rotatable bonds is 8. The van der Waals surface area contributed by atoms with Gasteiger partial charge < -0.3 is 11.3 Å². The second-order valence-electron chi connectivity index (χ2n) is 3.41. The summed E-state index contributed by atoms with van der Waals surface area (Å²) in [4.78, 5) is 10.9. The van der Waals surface area contributed by atoms with Gasteiger partial charge in [0.1, 0.15) is 0 Å². The third kappa shape index (κ3) is 12.1. The summed E-state index contributed by atoms with van der Waals surface area (Å²) >= 11 is 0. The van der Waals surface area contributed by atoms with E-state index in [1.54, 1.807) is 6.92 Å². The van der Waals surface area contributed by atoms with E-state index in [1.165, 1.54) is 0 Å². The van der Waals surface area contributed by atoms with E-state index >= 15 is 0 Å². The molecule has 0 aromatic carbocycles. The molecule has 0 saturated carbocycles. The number of aliphatic hydroxyl groups is 1. The van der Waals surface area contributed by atoms with E-state index in [0.717, 1.165) is 32.1 Å². The van der Waals surface area contributed by atoms with Crippen LogP contribution in [0.1, 0.15) is 40.5 Å². The Morgan fingerprint density at radius 2 is 1.80 bits per heavy atom. The van der Waals surface area contributed by atoms with Gasteiger partial charge in [0.05, 0.1) is 6.61 Å². The summed E-state index contributed by atoms with van der Waals surface area (Å²) in [5.74, 6) is -0.305. The van der Waals surface area contributed by atoms with E-state index in [-0.39, 0.29) is 43.6 Å². The average Bonchev–Trinajstić information content (AvgIpc) is 2.16. The molecule has 0 aliphatic heterocycles. The van der Waals surface area contributed by atoms with Crippen molar-refractivity contribution < 1.29 is 45.6 Å². The summed E-state index contributed by atoms with van der Waals surface area (Å²) in [6.45, 7) is 5.88. The van der Waals surface area contributed by atoms with Crippen LogP contribution in [0.3, 0.4) is 0 Å². The van der Waals surface area contributed by atoms with Crippen molar-refractivity contribution in [3.8, 4) is 0 Å². The van der Waals surface area contributed by atoms with Crippen LogP contribution < -0.4 is 29.6 Å². The van der Waals surface area contributed by atoms with Crippen LogP contribution in [-0.4, -0.2) is 24.3 Å². The quantitative estimate of drug-likeness (QED) is 0.253. The molecule has 0 spiro atoms. The van der Waals surface area contributed by atoms with Crippen molar-refractivity contribution in [2.75, 3.05) is 13.2 Å². The van der Waals surface area contributed by atoms with E-state index in [0.29, 0.717) is 12.2 Å². The van der Waals surface area contributed by atoms with E-state index in [1.807, 2.05) is 0 Å². The maximum atomic E-state index is 10.9. The normalized spacial score (nSPS) is 9.20. The van der Waals surface area contributed by atoms with Crippen molar-refractivity contribution in [1.29, 1.82) is 0 Å². The van der Waals surface area contributed by atoms with Gasteiger partial charge in [0, 0.05) is 12.2 Å². The predicted octanol–water partition coefficient (Wildman–Crippen LogP) is -0.835. The number of hydrogen-bond donors (Lipinski definition) is 1. The topological polar surface area (TPSA) is 46.5 Å². The Balaban J connectivity index is -0.000000845. The Morgan fingerprint density at radius 3 is 2.33 bits per heavy atom. The van der Waals surface area contributed by atoms with Crippen LogP contribution in [0.25, 0.3) is 0 Å². The van der Waals surface area contributed by atoms with Gasteiger partial charge in [-0.25, -0.2) is 4.79 Å². The third-order valence-corrected chi connectivity index (χ3v) is 1.88. The molecule has 0 aromatic rings. The number of carbonyl (C=O) groups is 1. The maximum Gasteiger partial charge on any atom is 1.00 e. The summed E-state index contributed by atoms with van der Waals surface area (Å²) in [6.07, 6.45) is 4.94. The van der Waals surface area contributed by atoms with Crippen LogP contribution in [0.15, 0.2) is 12.2 Å². The molecule has 0 amide bonds. The summed E-state index contributed by atoms with van der Waals surface area (Å²) in [5, 5.41) is 8.52. The van der Waals surface area contributed by atoms with Crippen molar-refractivity contribution in [2.24, 2.45) is 0 Å². The molecule has 3 nitrogen and oxygen atoms in total. The first-order valence-corrected chi connectivity index (χ1v) is 5.12. The third-order valence-electron chi connectivity index (χ3n) is 1.88. The minimum atomic E-state index is -0.305. The van der Waals surface area contributed by atoms with Crippen LogP contribution >= 0.6 is 0 Å². The van der Waals surface area contributed by atoms with E-state index in [4.69, 9.17) is 9.84 Å². The van der Waals surface area contributed by atoms with Crippen molar-refractivity contribution in [1.82, 2.24) is 0 Å². The molecule has 0 aliphatic rings. The van der Waals surface area contributed by atoms with Gasteiger partial charge >= 0.3 is 35.5 Å². The minimum absolute atomic E-state index is 0. The zero-order valence-electron chi connectivity index (χ0n) is 10.9. The van der Waals surface area contributed by atoms with Gasteiger partial charge in [-0.05, 0) is 19.8 Å². The number of hydrogen-bond acceptors (Lipinski definition) is 3. The molecule has 0 aliphatic carbocycles. The summed E-state index contributed by atoms with van der Waals surface area (Å²) in [5.41, 5.74) is 0.449. The second-order valence-corrected chi connectivity index (χ2v) is 3.41. The first-order valence-electron chi connectivity index (χ1n) is 5.12. The van der Waals surface area contributed by atoms with Crippen molar-refractivity contribution in [2.45, 2.75) is 39.0 Å². The zero-order chi connectivity index (χ0) is 10.8. The van der Waals surface area contributed by atoms with Gasteiger partial charge in [0.25, 0.3) is 0 Å². The van der Waals surface area contributed by atoms with Crippen LogP contribution in [0.4, 0.5) is 0 Å². The Morgan fingerprint density at radius 1 is 1.27 bits per heavy atom. The first-order chi connectivity index (χ1) is 6.68. The number of ether oxygens (including phenoxy) is 1. The van der Waals surface area contributed by atoms with Crippen LogP contribution in [0, 0.1) is 0 Å². The molecule has 0 saturated heterocycles. The predicted molar refractivity (Wildman–Crippen MR) is 57.1 cm³/mol. The van der Waals surface area contributed by atoms with Crippen LogP contribution in [0.2, 0.25) is 0 Å². The minimum Gasteiger partial charge on any atom is -1.00 e. The summed E-state index contributed by atoms with van der Waals surface area (Å²) < 4.78 is 4.92. The van der Waals surface area contributed by atoms with E-state index < -0.39 is 0 Å². The van der Waals surface area contributed by atoms with Crippen molar-refractivity contribution >= 4 is 5.97 Å². The molecule has 0 heterocycles. The number of carbonyl (C=O) groups excluding carboxylic acids is 1. The molecular weight excluding hydrogens is 203 g/mol. The Kier molecular flexibility index (Phi) is 14.3. The van der Waals surface area contributed by atoms with Crippen LogP contribution in [0.5, 0.6) is 0 Å². The molecule has 84 valence electrons. The van der Waals surface area contributed by atoms with E-state index in [2.05, 4.69) is 6.58 Å². The standard InChI is InChI=1S/C11H20O3.Na.H/c1-10(2)11(13)14-9-7-5-3-4-6-8-12;;/h12H,1,3-9H2,2H3;;/q;+1;-1. The van der Waals surface area contributed by atoms with E-state index in [9.17, 15) is 4.79 Å². The fourth-order valence-electron chi connectivity index (χ4n) is 1.03. The molecule has 1 N–H and O–H groups in total. The summed E-state index contributed by atoms with van der Waals surface area (Å²) in [7, 11) is 0. The SMILES string of the molecule is C=C(C)C(=O)OCCCCCCCO.[H-].[Na+]. The first kappa shape index (κ1) is 17.6. The molecule has 0 bridgehead atoms. The molecule has 0 radical (unpaired) electrons. The summed E-state index contributed by atoms with van der Waals surface area (Å²) in [6, 6.07) is 0. The Labute approximate surface area is 116 Å². The fourth-order valence-corrected chi connectivity index (χ4v) is 1.03. The molecule has 4 heteroatoms. The van der Waals surface area contributed by atoms with Gasteiger partial charge in [-0.1, -0.05) is 25.8 Å². The maximum absolute atomic E-state index is 10.9. The Bertz CT molecular complexity index is 186. The zero-order valence-corrected chi connectivity index (χ0v) is 11.9. The van der Waals surface area contributed by atoms with Crippen molar-refractivity contribution in [3.05, 3.63) is 12.2 Å². The molecule has 15 heavy (non-hydrogen) atoms. The number of aliphatic hydroxyl groups excluding tert-OH is 1. The van der Waals surface area contributed by atoms with Gasteiger partial charge in [0.15, 0.2) is 0 Å². The van der Waals surface area contributed by atoms with Crippen molar-refractivity contribution in [3.63, 3.8) is 0 Å². The average molecular weight is 224 g/mol. The largest absolute Gasteiger partial charge is 1.00 e. The monoisotopic (exact) mass is 224 g/mol.